The van der Waals surface area contributed by atoms with Crippen LogP contribution in [0.1, 0.15) is 36.1 Å². The van der Waals surface area contributed by atoms with Gasteiger partial charge in [-0.15, -0.1) is 0 Å². The van der Waals surface area contributed by atoms with Gasteiger partial charge >= 0.3 is 5.97 Å². The Morgan fingerprint density at radius 2 is 1.61 bits per heavy atom. The summed E-state index contributed by atoms with van der Waals surface area (Å²) in [4.78, 5) is 22.4. The van der Waals surface area contributed by atoms with E-state index < -0.39 is 5.97 Å². The number of ketones is 1. The number of Topliss-reactive ketones (excluding diaryl/α,β-unsaturated/α-hetero) is 1. The highest BCUT2D eigenvalue weighted by atomic mass is 16.5. The zero-order valence-electron chi connectivity index (χ0n) is 11.4. The molecule has 0 atom stereocenters. The number of phenols is 1. The molecule has 1 N–H and O–H groups in total. The second-order valence-electron chi connectivity index (χ2n) is 4.50. The molecule has 0 unspecified atom stereocenters. The summed E-state index contributed by atoms with van der Waals surface area (Å²) in [5.41, 5.74) is 2.52. The van der Waals surface area contributed by atoms with E-state index in [1.807, 2.05) is 0 Å². The van der Waals surface area contributed by atoms with Crippen molar-refractivity contribution >= 4 is 11.8 Å². The molecule has 1 aromatic rings. The van der Waals surface area contributed by atoms with E-state index in [1.165, 1.54) is 13.8 Å². The van der Waals surface area contributed by atoms with Crippen LogP contribution in [0.3, 0.4) is 0 Å². The highest BCUT2D eigenvalue weighted by Crippen LogP contribution is 2.37. The fourth-order valence-corrected chi connectivity index (χ4v) is 1.91. The fourth-order valence-electron chi connectivity index (χ4n) is 1.91. The Bertz CT molecular complexity index is 468. The van der Waals surface area contributed by atoms with E-state index in [4.69, 9.17) is 4.74 Å². The standard InChI is InChI=1S/C14H18O4/c1-7(15)6-12-10(4)13(17)8(2)9(3)14(12)18-11(5)16/h17H,6H2,1-5H3. The van der Waals surface area contributed by atoms with Crippen LogP contribution in [0, 0.1) is 20.8 Å². The lowest BCUT2D eigenvalue weighted by molar-refractivity contribution is -0.132. The summed E-state index contributed by atoms with van der Waals surface area (Å²) in [5.74, 6) is 0.0618. The van der Waals surface area contributed by atoms with Crippen LogP contribution in [0.4, 0.5) is 0 Å². The SMILES string of the molecule is CC(=O)Cc1c(C)c(O)c(C)c(C)c1OC(C)=O. The first-order valence-corrected chi connectivity index (χ1v) is 5.75. The minimum atomic E-state index is -0.438. The number of rotatable bonds is 3. The molecule has 0 fully saturated rings. The van der Waals surface area contributed by atoms with E-state index in [0.717, 1.165) is 0 Å². The molecule has 0 bridgehead atoms. The van der Waals surface area contributed by atoms with Crippen LogP contribution in [0.15, 0.2) is 0 Å². The molecule has 0 saturated carbocycles. The van der Waals surface area contributed by atoms with Gasteiger partial charge in [0.15, 0.2) is 0 Å². The van der Waals surface area contributed by atoms with Crippen molar-refractivity contribution in [1.29, 1.82) is 0 Å². The van der Waals surface area contributed by atoms with Crippen molar-refractivity contribution in [1.82, 2.24) is 0 Å². The lowest BCUT2D eigenvalue weighted by atomic mass is 9.94. The van der Waals surface area contributed by atoms with Gasteiger partial charge in [-0.3, -0.25) is 9.59 Å². The van der Waals surface area contributed by atoms with E-state index in [9.17, 15) is 14.7 Å². The Labute approximate surface area is 107 Å². The van der Waals surface area contributed by atoms with Gasteiger partial charge in [0, 0.05) is 18.9 Å². The molecule has 0 aliphatic carbocycles. The Morgan fingerprint density at radius 3 is 2.06 bits per heavy atom. The molecule has 0 aromatic heterocycles. The summed E-state index contributed by atoms with van der Waals surface area (Å²) < 4.78 is 5.19. The normalized spacial score (nSPS) is 10.3. The monoisotopic (exact) mass is 250 g/mol. The van der Waals surface area contributed by atoms with Crippen molar-refractivity contribution in [3.05, 3.63) is 22.3 Å². The highest BCUT2D eigenvalue weighted by molar-refractivity contribution is 5.81. The molecule has 0 aliphatic heterocycles. The van der Waals surface area contributed by atoms with Crippen molar-refractivity contribution in [3.8, 4) is 11.5 Å². The second kappa shape index (κ2) is 5.21. The summed E-state index contributed by atoms with van der Waals surface area (Å²) in [5, 5.41) is 9.99. The van der Waals surface area contributed by atoms with Crippen LogP contribution in [-0.4, -0.2) is 16.9 Å². The molecule has 0 amide bonds. The maximum atomic E-state index is 11.3. The van der Waals surface area contributed by atoms with Crippen LogP contribution >= 0.6 is 0 Å². The Kier molecular flexibility index (Phi) is 4.11. The van der Waals surface area contributed by atoms with Crippen LogP contribution in [-0.2, 0) is 16.0 Å². The number of benzene rings is 1. The molecule has 1 aromatic carbocycles. The van der Waals surface area contributed by atoms with Crippen molar-refractivity contribution in [2.75, 3.05) is 0 Å². The minimum absolute atomic E-state index is 0.0471. The topological polar surface area (TPSA) is 63.6 Å². The number of esters is 1. The number of hydrogen-bond donors (Lipinski definition) is 1. The average molecular weight is 250 g/mol. The van der Waals surface area contributed by atoms with Crippen molar-refractivity contribution < 1.29 is 19.4 Å². The molecule has 98 valence electrons. The van der Waals surface area contributed by atoms with E-state index in [0.29, 0.717) is 28.0 Å². The van der Waals surface area contributed by atoms with Crippen LogP contribution < -0.4 is 4.74 Å². The first-order chi connectivity index (χ1) is 8.25. The zero-order chi connectivity index (χ0) is 14.0. The van der Waals surface area contributed by atoms with Gasteiger partial charge in [0.1, 0.15) is 17.3 Å². The summed E-state index contributed by atoms with van der Waals surface area (Å²) in [6.07, 6.45) is 0.142. The smallest absolute Gasteiger partial charge is 0.308 e. The largest absolute Gasteiger partial charge is 0.507 e. The summed E-state index contributed by atoms with van der Waals surface area (Å²) in [6, 6.07) is 0. The van der Waals surface area contributed by atoms with Gasteiger partial charge in [-0.2, -0.15) is 0 Å². The third-order valence-electron chi connectivity index (χ3n) is 3.01. The van der Waals surface area contributed by atoms with Crippen molar-refractivity contribution in [2.45, 2.75) is 41.0 Å². The van der Waals surface area contributed by atoms with E-state index in [1.54, 1.807) is 20.8 Å². The van der Waals surface area contributed by atoms with E-state index >= 15 is 0 Å². The third kappa shape index (κ3) is 2.70. The van der Waals surface area contributed by atoms with Crippen LogP contribution in [0.5, 0.6) is 11.5 Å². The number of hydrogen-bond acceptors (Lipinski definition) is 4. The molecule has 0 aliphatic rings. The van der Waals surface area contributed by atoms with Gasteiger partial charge in [0.25, 0.3) is 0 Å². The molecular weight excluding hydrogens is 232 g/mol. The fraction of sp³-hybridized carbons (Fsp3) is 0.429. The molecule has 0 radical (unpaired) electrons. The Hall–Kier alpha value is -1.84. The predicted octanol–water partition coefficient (Wildman–Crippen LogP) is 2.37. The maximum absolute atomic E-state index is 11.3. The number of phenolic OH excluding ortho intramolecular Hbond substituents is 1. The van der Waals surface area contributed by atoms with Gasteiger partial charge < -0.3 is 9.84 Å². The molecule has 1 rings (SSSR count). The van der Waals surface area contributed by atoms with Gasteiger partial charge in [-0.25, -0.2) is 0 Å². The average Bonchev–Trinajstić information content (AvgIpc) is 2.27. The van der Waals surface area contributed by atoms with Crippen molar-refractivity contribution in [3.63, 3.8) is 0 Å². The first kappa shape index (κ1) is 14.2. The van der Waals surface area contributed by atoms with Crippen molar-refractivity contribution in [2.24, 2.45) is 0 Å². The quantitative estimate of drug-likeness (QED) is 0.660. The van der Waals surface area contributed by atoms with Gasteiger partial charge in [-0.05, 0) is 44.4 Å². The predicted molar refractivity (Wildman–Crippen MR) is 68.0 cm³/mol. The molecule has 4 nitrogen and oxygen atoms in total. The summed E-state index contributed by atoms with van der Waals surface area (Å²) in [7, 11) is 0. The first-order valence-electron chi connectivity index (χ1n) is 5.75. The Balaban J connectivity index is 3.52. The molecule has 18 heavy (non-hydrogen) atoms. The van der Waals surface area contributed by atoms with E-state index in [-0.39, 0.29) is 18.0 Å². The van der Waals surface area contributed by atoms with Crippen LogP contribution in [0.2, 0.25) is 0 Å². The molecule has 4 heteroatoms. The highest BCUT2D eigenvalue weighted by Gasteiger charge is 2.20. The number of ether oxygens (including phenoxy) is 1. The lowest BCUT2D eigenvalue weighted by Crippen LogP contribution is -2.10. The minimum Gasteiger partial charge on any atom is -0.507 e. The van der Waals surface area contributed by atoms with Gasteiger partial charge in [0.2, 0.25) is 0 Å². The maximum Gasteiger partial charge on any atom is 0.308 e. The number of carbonyl (C=O) groups excluding carboxylic acids is 2. The zero-order valence-corrected chi connectivity index (χ0v) is 11.4. The molecule has 0 saturated heterocycles. The summed E-state index contributed by atoms with van der Waals surface area (Å²) in [6.45, 7) is 8.00. The number of aromatic hydroxyl groups is 1. The van der Waals surface area contributed by atoms with E-state index in [2.05, 4.69) is 0 Å². The second-order valence-corrected chi connectivity index (χ2v) is 4.50. The molecule has 0 spiro atoms. The van der Waals surface area contributed by atoms with Gasteiger partial charge in [-0.1, -0.05) is 0 Å². The molecule has 0 heterocycles. The van der Waals surface area contributed by atoms with Crippen LogP contribution in [0.25, 0.3) is 0 Å². The lowest BCUT2D eigenvalue weighted by Gasteiger charge is -2.18. The van der Waals surface area contributed by atoms with Gasteiger partial charge in [0.05, 0.1) is 0 Å². The molecular formula is C14H18O4. The number of carbonyl (C=O) groups is 2. The Morgan fingerprint density at radius 1 is 1.06 bits per heavy atom. The third-order valence-corrected chi connectivity index (χ3v) is 3.01. The summed E-state index contributed by atoms with van der Waals surface area (Å²) >= 11 is 0.